The van der Waals surface area contributed by atoms with Crippen LogP contribution in [0, 0.1) is 0 Å². The van der Waals surface area contributed by atoms with Crippen molar-refractivity contribution in [1.82, 2.24) is 4.98 Å². The van der Waals surface area contributed by atoms with Crippen LogP contribution in [0.3, 0.4) is 0 Å². The van der Waals surface area contributed by atoms with Crippen LogP contribution in [0.4, 0.5) is 5.82 Å². The third kappa shape index (κ3) is 4.04. The minimum atomic E-state index is -1.02. The quantitative estimate of drug-likeness (QED) is 0.727. The molecule has 1 aromatic rings. The number of anilines is 1. The summed E-state index contributed by atoms with van der Waals surface area (Å²) in [4.78, 5) is 24.9. The zero-order valence-corrected chi connectivity index (χ0v) is 8.10. The Morgan fingerprint density at radius 2 is 2.27 bits per heavy atom. The average Bonchev–Trinajstić information content (AvgIpc) is 2.14. The first kappa shape index (κ1) is 10.9. The molecule has 0 saturated heterocycles. The molecule has 0 aliphatic heterocycles. The van der Waals surface area contributed by atoms with Gasteiger partial charge < -0.3 is 10.4 Å². The lowest BCUT2D eigenvalue weighted by atomic mass is 10.2. The zero-order valence-electron chi connectivity index (χ0n) is 8.10. The first-order chi connectivity index (χ1) is 7.08. The van der Waals surface area contributed by atoms with Crippen molar-refractivity contribution >= 4 is 23.8 Å². The number of aromatic nitrogens is 1. The first-order valence-electron chi connectivity index (χ1n) is 4.22. The van der Waals surface area contributed by atoms with Gasteiger partial charge in [0.05, 0.1) is 0 Å². The number of nitrogens with zero attached hydrogens (tertiary/aromatic N) is 1. The van der Waals surface area contributed by atoms with Gasteiger partial charge in [0.1, 0.15) is 5.82 Å². The molecular formula is C10H10N2O3. The number of nitrogens with one attached hydrogen (secondary N) is 1. The van der Waals surface area contributed by atoms with Gasteiger partial charge in [0.25, 0.3) is 0 Å². The highest BCUT2D eigenvalue weighted by atomic mass is 16.4. The number of pyridine rings is 1. The molecule has 0 unspecified atom stereocenters. The summed E-state index contributed by atoms with van der Waals surface area (Å²) in [7, 11) is 0. The molecule has 15 heavy (non-hydrogen) atoms. The van der Waals surface area contributed by atoms with Crippen molar-refractivity contribution in [2.24, 2.45) is 0 Å². The highest BCUT2D eigenvalue weighted by Crippen LogP contribution is 2.08. The van der Waals surface area contributed by atoms with Crippen molar-refractivity contribution < 1.29 is 14.7 Å². The molecule has 78 valence electrons. The zero-order chi connectivity index (χ0) is 11.3. The number of carboxylic acid groups (broad SMARTS) is 1. The third-order valence-electron chi connectivity index (χ3n) is 1.51. The molecule has 5 nitrogen and oxygen atoms in total. The number of carboxylic acids is 1. The maximum absolute atomic E-state index is 10.7. The lowest BCUT2D eigenvalue weighted by Crippen LogP contribution is -2.07. The Balaban J connectivity index is 2.82. The molecule has 0 aliphatic carbocycles. The van der Waals surface area contributed by atoms with E-state index in [1.807, 2.05) is 0 Å². The molecule has 0 spiro atoms. The molecule has 0 fully saturated rings. The van der Waals surface area contributed by atoms with E-state index < -0.39 is 5.97 Å². The molecule has 0 aromatic carbocycles. The van der Waals surface area contributed by atoms with E-state index in [1.54, 1.807) is 12.1 Å². The summed E-state index contributed by atoms with van der Waals surface area (Å²) >= 11 is 0. The summed E-state index contributed by atoms with van der Waals surface area (Å²) in [5.41, 5.74) is 0.663. The van der Waals surface area contributed by atoms with E-state index in [-0.39, 0.29) is 5.91 Å². The van der Waals surface area contributed by atoms with Crippen LogP contribution in [0.2, 0.25) is 0 Å². The van der Waals surface area contributed by atoms with E-state index >= 15 is 0 Å². The van der Waals surface area contributed by atoms with Crippen LogP contribution < -0.4 is 5.32 Å². The van der Waals surface area contributed by atoms with Gasteiger partial charge in [-0.2, -0.15) is 0 Å². The predicted molar refractivity (Wildman–Crippen MR) is 55.2 cm³/mol. The normalized spacial score (nSPS) is 10.2. The second-order valence-corrected chi connectivity index (χ2v) is 2.83. The lowest BCUT2D eigenvalue weighted by Gasteiger charge is -2.00. The molecule has 0 radical (unpaired) electrons. The monoisotopic (exact) mass is 206 g/mol. The van der Waals surface area contributed by atoms with E-state index in [4.69, 9.17) is 5.11 Å². The Morgan fingerprint density at radius 3 is 2.87 bits per heavy atom. The average molecular weight is 206 g/mol. The molecular weight excluding hydrogens is 196 g/mol. The standard InChI is InChI=1S/C10H10N2O3/c1-7(13)12-9-6-8(4-5-11-9)2-3-10(14)15/h2-6H,1H3,(H,14,15)(H,11,12,13). The molecule has 5 heteroatoms. The minimum Gasteiger partial charge on any atom is -0.478 e. The van der Waals surface area contributed by atoms with E-state index in [1.165, 1.54) is 19.2 Å². The molecule has 0 saturated carbocycles. The molecule has 0 atom stereocenters. The number of hydrogen-bond acceptors (Lipinski definition) is 3. The fraction of sp³-hybridized carbons (Fsp3) is 0.100. The Hall–Kier alpha value is -2.17. The summed E-state index contributed by atoms with van der Waals surface area (Å²) < 4.78 is 0. The molecule has 0 bridgehead atoms. The van der Waals surface area contributed by atoms with Gasteiger partial charge in [-0.15, -0.1) is 0 Å². The smallest absolute Gasteiger partial charge is 0.328 e. The van der Waals surface area contributed by atoms with Crippen LogP contribution in [0.1, 0.15) is 12.5 Å². The summed E-state index contributed by atoms with van der Waals surface area (Å²) in [6.07, 6.45) is 3.94. The summed E-state index contributed by atoms with van der Waals surface area (Å²) in [6.45, 7) is 1.38. The van der Waals surface area contributed by atoms with Gasteiger partial charge in [-0.05, 0) is 23.8 Å². The van der Waals surface area contributed by atoms with Gasteiger partial charge in [0.2, 0.25) is 5.91 Å². The van der Waals surface area contributed by atoms with E-state index in [2.05, 4.69) is 10.3 Å². The summed E-state index contributed by atoms with van der Waals surface area (Å²) in [6, 6.07) is 3.23. The van der Waals surface area contributed by atoms with Crippen molar-refractivity contribution in [2.45, 2.75) is 6.92 Å². The fourth-order valence-corrected chi connectivity index (χ4v) is 0.967. The Labute approximate surface area is 86.5 Å². The highest BCUT2D eigenvalue weighted by Gasteiger charge is 1.97. The van der Waals surface area contributed by atoms with Crippen LogP contribution in [0.5, 0.6) is 0 Å². The molecule has 1 aromatic heterocycles. The van der Waals surface area contributed by atoms with Crippen LogP contribution >= 0.6 is 0 Å². The second-order valence-electron chi connectivity index (χ2n) is 2.83. The lowest BCUT2D eigenvalue weighted by molar-refractivity contribution is -0.131. The molecule has 2 N–H and O–H groups in total. The second kappa shape index (κ2) is 4.90. The maximum Gasteiger partial charge on any atom is 0.328 e. The van der Waals surface area contributed by atoms with Gasteiger partial charge in [-0.3, -0.25) is 4.79 Å². The van der Waals surface area contributed by atoms with Gasteiger partial charge in [-0.1, -0.05) is 0 Å². The van der Waals surface area contributed by atoms with Crippen molar-refractivity contribution in [3.8, 4) is 0 Å². The van der Waals surface area contributed by atoms with Crippen molar-refractivity contribution in [3.63, 3.8) is 0 Å². The van der Waals surface area contributed by atoms with E-state index in [9.17, 15) is 9.59 Å². The van der Waals surface area contributed by atoms with Gasteiger partial charge in [0, 0.05) is 19.2 Å². The van der Waals surface area contributed by atoms with Crippen LogP contribution in [-0.2, 0) is 9.59 Å². The number of rotatable bonds is 3. The predicted octanol–water partition coefficient (Wildman–Crippen LogP) is 1.14. The SMILES string of the molecule is CC(=O)Nc1cc(C=CC(=O)O)ccn1. The van der Waals surface area contributed by atoms with Gasteiger partial charge >= 0.3 is 5.97 Å². The molecule has 1 heterocycles. The number of carbonyl (C=O) groups is 2. The number of carbonyl (C=O) groups excluding carboxylic acids is 1. The maximum atomic E-state index is 10.7. The molecule has 0 aliphatic rings. The fourth-order valence-electron chi connectivity index (χ4n) is 0.967. The van der Waals surface area contributed by atoms with Crippen LogP contribution in [0.25, 0.3) is 6.08 Å². The Kier molecular flexibility index (Phi) is 3.56. The number of aliphatic carboxylic acids is 1. The van der Waals surface area contributed by atoms with Gasteiger partial charge in [-0.25, -0.2) is 9.78 Å². The summed E-state index contributed by atoms with van der Waals surface area (Å²) in [5.74, 6) is -0.843. The minimum absolute atomic E-state index is 0.220. The number of amides is 1. The number of hydrogen-bond donors (Lipinski definition) is 2. The molecule has 1 rings (SSSR count). The van der Waals surface area contributed by atoms with E-state index in [0.29, 0.717) is 11.4 Å². The van der Waals surface area contributed by atoms with E-state index in [0.717, 1.165) is 6.08 Å². The van der Waals surface area contributed by atoms with Gasteiger partial charge in [0.15, 0.2) is 0 Å². The highest BCUT2D eigenvalue weighted by molar-refractivity contribution is 5.88. The third-order valence-corrected chi connectivity index (χ3v) is 1.51. The first-order valence-corrected chi connectivity index (χ1v) is 4.22. The molecule has 1 amide bonds. The summed E-state index contributed by atoms with van der Waals surface area (Å²) in [5, 5.41) is 10.9. The van der Waals surface area contributed by atoms with Crippen molar-refractivity contribution in [1.29, 1.82) is 0 Å². The largest absolute Gasteiger partial charge is 0.478 e. The van der Waals surface area contributed by atoms with Crippen molar-refractivity contribution in [2.75, 3.05) is 5.32 Å². The van der Waals surface area contributed by atoms with Crippen LogP contribution in [0.15, 0.2) is 24.4 Å². The Morgan fingerprint density at radius 1 is 1.53 bits per heavy atom. The Bertz CT molecular complexity index is 413. The van der Waals surface area contributed by atoms with Crippen LogP contribution in [-0.4, -0.2) is 22.0 Å². The van der Waals surface area contributed by atoms with Crippen molar-refractivity contribution in [3.05, 3.63) is 30.0 Å². The topological polar surface area (TPSA) is 79.3 Å².